The molecule has 0 aliphatic heterocycles. The summed E-state index contributed by atoms with van der Waals surface area (Å²) in [5.74, 6) is 1.45. The maximum Gasteiger partial charge on any atom is 0.0367 e. The minimum Gasteiger partial charge on any atom is -0.123 e. The van der Waals surface area contributed by atoms with E-state index in [9.17, 15) is 0 Å². The molecule has 0 N–H and O–H groups in total. The van der Waals surface area contributed by atoms with Gasteiger partial charge >= 0.3 is 0 Å². The number of benzene rings is 1. The van der Waals surface area contributed by atoms with E-state index >= 15 is 0 Å². The lowest BCUT2D eigenvalue weighted by Crippen LogP contribution is -2.33. The average molecular weight is 293 g/mol. The van der Waals surface area contributed by atoms with Crippen molar-refractivity contribution in [1.29, 1.82) is 0 Å². The van der Waals surface area contributed by atoms with Crippen molar-refractivity contribution in [3.63, 3.8) is 0 Å². The van der Waals surface area contributed by atoms with Gasteiger partial charge in [-0.1, -0.05) is 39.0 Å². The second kappa shape index (κ2) is 6.10. The summed E-state index contributed by atoms with van der Waals surface area (Å²) in [6, 6.07) is 6.88. The van der Waals surface area contributed by atoms with Gasteiger partial charge in [0.15, 0.2) is 0 Å². The highest BCUT2D eigenvalue weighted by molar-refractivity contribution is 6.20. The van der Waals surface area contributed by atoms with Gasteiger partial charge in [0.05, 0.1) is 0 Å². The maximum atomic E-state index is 6.62. The van der Waals surface area contributed by atoms with Crippen LogP contribution in [-0.4, -0.2) is 5.38 Å². The van der Waals surface area contributed by atoms with Gasteiger partial charge in [-0.2, -0.15) is 0 Å². The van der Waals surface area contributed by atoms with Crippen LogP contribution in [0.1, 0.15) is 56.7 Å². The largest absolute Gasteiger partial charge is 0.123 e. The summed E-state index contributed by atoms with van der Waals surface area (Å²) in [6.45, 7) is 11.5. The summed E-state index contributed by atoms with van der Waals surface area (Å²) in [7, 11) is 0. The Morgan fingerprint density at radius 2 is 1.80 bits per heavy atom. The van der Waals surface area contributed by atoms with E-state index in [0.717, 1.165) is 12.3 Å². The van der Waals surface area contributed by atoms with E-state index in [0.29, 0.717) is 16.7 Å². The summed E-state index contributed by atoms with van der Waals surface area (Å²) >= 11 is 6.62. The van der Waals surface area contributed by atoms with Crippen LogP contribution in [0.2, 0.25) is 0 Å². The van der Waals surface area contributed by atoms with Gasteiger partial charge in [0.25, 0.3) is 0 Å². The molecule has 1 fully saturated rings. The van der Waals surface area contributed by atoms with Gasteiger partial charge in [0.2, 0.25) is 0 Å². The second-order valence-electron chi connectivity index (χ2n) is 7.77. The Hall–Kier alpha value is -0.490. The second-order valence-corrected chi connectivity index (χ2v) is 8.34. The molecule has 0 aromatic heterocycles. The van der Waals surface area contributed by atoms with Gasteiger partial charge < -0.3 is 0 Å². The van der Waals surface area contributed by atoms with Crippen molar-refractivity contribution < 1.29 is 0 Å². The molecule has 0 heterocycles. The molecular formula is C19H29Cl. The first-order valence-corrected chi connectivity index (χ1v) is 8.41. The fourth-order valence-corrected chi connectivity index (χ4v) is 3.78. The van der Waals surface area contributed by atoms with Crippen LogP contribution in [0.4, 0.5) is 0 Å². The molecule has 20 heavy (non-hydrogen) atoms. The highest BCUT2D eigenvalue weighted by atomic mass is 35.5. The normalized spacial score (nSPS) is 27.6. The Labute approximate surface area is 129 Å². The van der Waals surface area contributed by atoms with Gasteiger partial charge in [-0.25, -0.2) is 0 Å². The molecule has 1 saturated carbocycles. The average Bonchev–Trinajstić information content (AvgIpc) is 2.35. The summed E-state index contributed by atoms with van der Waals surface area (Å²) in [4.78, 5) is 0. The van der Waals surface area contributed by atoms with Gasteiger partial charge in [0.1, 0.15) is 0 Å². The van der Waals surface area contributed by atoms with Crippen molar-refractivity contribution in [3.8, 4) is 0 Å². The van der Waals surface area contributed by atoms with E-state index in [1.165, 1.54) is 36.0 Å². The Morgan fingerprint density at radius 3 is 2.40 bits per heavy atom. The summed E-state index contributed by atoms with van der Waals surface area (Å²) in [5, 5.41) is 0.357. The lowest BCUT2D eigenvalue weighted by Gasteiger charge is -2.40. The highest BCUT2D eigenvalue weighted by Gasteiger charge is 2.34. The van der Waals surface area contributed by atoms with Crippen molar-refractivity contribution in [2.75, 3.05) is 0 Å². The standard InChI is InChI=1S/C19H29Cl/c1-13-6-7-15(10-14(13)2)11-16-12-17(19(3,4)5)8-9-18(16)20/h6-7,10,16-18H,8-9,11-12H2,1-5H3. The van der Waals surface area contributed by atoms with Gasteiger partial charge in [-0.3, -0.25) is 0 Å². The smallest absolute Gasteiger partial charge is 0.0367 e. The number of alkyl halides is 1. The van der Waals surface area contributed by atoms with Gasteiger partial charge in [-0.15, -0.1) is 11.6 Å². The van der Waals surface area contributed by atoms with Crippen molar-refractivity contribution >= 4 is 11.6 Å². The fraction of sp³-hybridized carbons (Fsp3) is 0.684. The molecule has 0 spiro atoms. The number of hydrogen-bond acceptors (Lipinski definition) is 0. The molecular weight excluding hydrogens is 264 g/mol. The lowest BCUT2D eigenvalue weighted by molar-refractivity contribution is 0.144. The van der Waals surface area contributed by atoms with Crippen LogP contribution in [0.5, 0.6) is 0 Å². The van der Waals surface area contributed by atoms with E-state index in [1.807, 2.05) is 0 Å². The number of hydrogen-bond donors (Lipinski definition) is 0. The Bertz CT molecular complexity index is 455. The Morgan fingerprint density at radius 1 is 1.10 bits per heavy atom. The van der Waals surface area contributed by atoms with Crippen LogP contribution in [-0.2, 0) is 6.42 Å². The molecule has 0 nitrogen and oxygen atoms in total. The third-order valence-electron chi connectivity index (χ3n) is 5.18. The SMILES string of the molecule is Cc1ccc(CC2CC(C(C)(C)C)CCC2Cl)cc1C. The third kappa shape index (κ3) is 3.79. The van der Waals surface area contributed by atoms with E-state index in [4.69, 9.17) is 11.6 Å². The first-order chi connectivity index (χ1) is 9.27. The monoisotopic (exact) mass is 292 g/mol. The fourth-order valence-electron chi connectivity index (χ4n) is 3.46. The van der Waals surface area contributed by atoms with Crippen LogP contribution in [0.15, 0.2) is 18.2 Å². The van der Waals surface area contributed by atoms with E-state index < -0.39 is 0 Å². The molecule has 1 aromatic rings. The molecule has 1 aliphatic carbocycles. The molecule has 0 saturated heterocycles. The first-order valence-electron chi connectivity index (χ1n) is 7.97. The zero-order chi connectivity index (χ0) is 14.9. The minimum absolute atomic E-state index is 0.357. The maximum absolute atomic E-state index is 6.62. The summed E-state index contributed by atoms with van der Waals surface area (Å²) in [5.41, 5.74) is 4.65. The van der Waals surface area contributed by atoms with E-state index in [-0.39, 0.29) is 0 Å². The van der Waals surface area contributed by atoms with Crippen LogP contribution in [0.25, 0.3) is 0 Å². The van der Waals surface area contributed by atoms with E-state index in [1.54, 1.807) is 0 Å². The molecule has 1 heteroatoms. The van der Waals surface area contributed by atoms with Crippen LogP contribution in [0.3, 0.4) is 0 Å². The topological polar surface area (TPSA) is 0 Å². The van der Waals surface area contributed by atoms with Crippen molar-refractivity contribution in [2.24, 2.45) is 17.3 Å². The van der Waals surface area contributed by atoms with Gasteiger partial charge in [0, 0.05) is 5.38 Å². The van der Waals surface area contributed by atoms with Crippen molar-refractivity contribution in [1.82, 2.24) is 0 Å². The summed E-state index contributed by atoms with van der Waals surface area (Å²) < 4.78 is 0. The molecule has 1 aliphatic rings. The van der Waals surface area contributed by atoms with Crippen LogP contribution >= 0.6 is 11.6 Å². The lowest BCUT2D eigenvalue weighted by atomic mass is 9.68. The molecule has 0 bridgehead atoms. The molecule has 1 aromatic carbocycles. The van der Waals surface area contributed by atoms with Crippen LogP contribution < -0.4 is 0 Å². The van der Waals surface area contributed by atoms with Crippen molar-refractivity contribution in [2.45, 2.75) is 65.7 Å². The predicted molar refractivity (Wildman–Crippen MR) is 89.5 cm³/mol. The Balaban J connectivity index is 2.08. The van der Waals surface area contributed by atoms with Crippen molar-refractivity contribution in [3.05, 3.63) is 34.9 Å². The number of rotatable bonds is 2. The number of halogens is 1. The predicted octanol–water partition coefficient (Wildman–Crippen LogP) is 5.92. The molecule has 2 rings (SSSR count). The Kier molecular flexibility index (Phi) is 4.84. The first kappa shape index (κ1) is 15.9. The molecule has 0 radical (unpaired) electrons. The highest BCUT2D eigenvalue weighted by Crippen LogP contribution is 2.43. The summed E-state index contributed by atoms with van der Waals surface area (Å²) in [6.07, 6.45) is 4.90. The van der Waals surface area contributed by atoms with E-state index in [2.05, 4.69) is 52.8 Å². The molecule has 112 valence electrons. The zero-order valence-electron chi connectivity index (χ0n) is 13.7. The minimum atomic E-state index is 0.357. The van der Waals surface area contributed by atoms with Gasteiger partial charge in [-0.05, 0) is 73.5 Å². The molecule has 3 unspecified atom stereocenters. The zero-order valence-corrected chi connectivity index (χ0v) is 14.4. The quantitative estimate of drug-likeness (QED) is 0.594. The molecule has 3 atom stereocenters. The number of aryl methyl sites for hydroxylation is 2. The van der Waals surface area contributed by atoms with Crippen LogP contribution in [0, 0.1) is 31.1 Å². The molecule has 0 amide bonds. The third-order valence-corrected chi connectivity index (χ3v) is 5.76.